The molecule has 1 amide bonds. The Hall–Kier alpha value is -1.32. The third kappa shape index (κ3) is 2.51. The first-order valence-electron chi connectivity index (χ1n) is 6.43. The zero-order chi connectivity index (χ0) is 12.4. The Bertz CT molecular complexity index is 389. The first-order valence-corrected chi connectivity index (χ1v) is 6.43. The van der Waals surface area contributed by atoms with Crippen molar-refractivity contribution in [2.24, 2.45) is 11.8 Å². The smallest absolute Gasteiger partial charge is 0.272 e. The van der Waals surface area contributed by atoms with Crippen molar-refractivity contribution < 1.29 is 4.79 Å². The molecule has 0 spiro atoms. The van der Waals surface area contributed by atoms with E-state index >= 15 is 0 Å². The second-order valence-corrected chi connectivity index (χ2v) is 5.19. The highest BCUT2D eigenvalue weighted by atomic mass is 16.2. The third-order valence-corrected chi connectivity index (χ3v) is 3.39. The molecule has 0 aromatic carbocycles. The normalized spacial score (nSPS) is 25.0. The monoisotopic (exact) mass is 235 g/mol. The van der Waals surface area contributed by atoms with Crippen LogP contribution >= 0.6 is 0 Å². The Balaban J connectivity index is 2.14. The Morgan fingerprint density at radius 2 is 2.06 bits per heavy atom. The highest BCUT2D eigenvalue weighted by Gasteiger charge is 2.27. The average molecular weight is 235 g/mol. The summed E-state index contributed by atoms with van der Waals surface area (Å²) in [7, 11) is 0. The van der Waals surface area contributed by atoms with Crippen molar-refractivity contribution in [1.29, 1.82) is 0 Å². The van der Waals surface area contributed by atoms with E-state index in [1.54, 1.807) is 10.9 Å². The molecule has 1 aromatic rings. The summed E-state index contributed by atoms with van der Waals surface area (Å²) in [5.41, 5.74) is 0.716. The number of rotatable bonds is 2. The molecular weight excluding hydrogens is 214 g/mol. The van der Waals surface area contributed by atoms with Crippen LogP contribution in [0.15, 0.2) is 12.3 Å². The number of carbonyl (C=O) groups is 1. The van der Waals surface area contributed by atoms with Gasteiger partial charge in [-0.05, 0) is 31.2 Å². The van der Waals surface area contributed by atoms with E-state index in [1.807, 2.05) is 17.9 Å². The molecule has 2 rings (SSSR count). The first kappa shape index (κ1) is 12.1. The minimum atomic E-state index is 0.128. The molecule has 1 saturated heterocycles. The van der Waals surface area contributed by atoms with Gasteiger partial charge in [-0.15, -0.1) is 0 Å². The van der Waals surface area contributed by atoms with Crippen LogP contribution in [0.1, 0.15) is 37.7 Å². The zero-order valence-electron chi connectivity index (χ0n) is 10.9. The lowest BCUT2D eigenvalue weighted by molar-refractivity contribution is 0.0610. The number of likely N-dealkylation sites (tertiary alicyclic amines) is 1. The van der Waals surface area contributed by atoms with Gasteiger partial charge in [0.2, 0.25) is 0 Å². The maximum Gasteiger partial charge on any atom is 0.272 e. The predicted octanol–water partition coefficient (Wildman–Crippen LogP) is 2.02. The molecule has 1 fully saturated rings. The quantitative estimate of drug-likeness (QED) is 0.786. The van der Waals surface area contributed by atoms with Crippen LogP contribution in [0.4, 0.5) is 0 Å². The van der Waals surface area contributed by atoms with E-state index in [4.69, 9.17) is 0 Å². The van der Waals surface area contributed by atoms with Crippen molar-refractivity contribution in [2.45, 2.75) is 33.7 Å². The van der Waals surface area contributed by atoms with E-state index in [-0.39, 0.29) is 5.91 Å². The molecule has 2 atom stereocenters. The lowest BCUT2D eigenvalue weighted by Gasteiger charge is -2.35. The summed E-state index contributed by atoms with van der Waals surface area (Å²) in [4.78, 5) is 14.4. The van der Waals surface area contributed by atoms with Crippen LogP contribution in [0.2, 0.25) is 0 Å². The van der Waals surface area contributed by atoms with Crippen LogP contribution in [0, 0.1) is 11.8 Å². The first-order chi connectivity index (χ1) is 8.11. The molecule has 2 heterocycles. The van der Waals surface area contributed by atoms with Crippen LogP contribution in [0.25, 0.3) is 0 Å². The van der Waals surface area contributed by atoms with E-state index in [0.29, 0.717) is 17.5 Å². The fourth-order valence-corrected chi connectivity index (χ4v) is 2.76. The number of aromatic nitrogens is 2. The largest absolute Gasteiger partial charge is 0.337 e. The number of hydrogen-bond acceptors (Lipinski definition) is 2. The Morgan fingerprint density at radius 3 is 2.65 bits per heavy atom. The summed E-state index contributed by atoms with van der Waals surface area (Å²) in [6.45, 7) is 8.93. The van der Waals surface area contributed by atoms with Crippen LogP contribution in [-0.2, 0) is 6.54 Å². The van der Waals surface area contributed by atoms with Crippen LogP contribution in [-0.4, -0.2) is 33.7 Å². The predicted molar refractivity (Wildman–Crippen MR) is 66.7 cm³/mol. The topological polar surface area (TPSA) is 38.1 Å². The second kappa shape index (κ2) is 4.90. The second-order valence-electron chi connectivity index (χ2n) is 5.19. The molecule has 0 unspecified atom stereocenters. The van der Waals surface area contributed by atoms with Gasteiger partial charge in [0.25, 0.3) is 5.91 Å². The van der Waals surface area contributed by atoms with E-state index in [1.165, 1.54) is 6.42 Å². The summed E-state index contributed by atoms with van der Waals surface area (Å²) < 4.78 is 1.77. The SMILES string of the molecule is CCn1nccc1C(=O)N1C[C@H](C)C[C@H](C)C1. The third-order valence-electron chi connectivity index (χ3n) is 3.39. The molecule has 4 nitrogen and oxygen atoms in total. The number of hydrogen-bond donors (Lipinski definition) is 0. The molecule has 0 saturated carbocycles. The van der Waals surface area contributed by atoms with Crippen molar-refractivity contribution in [1.82, 2.24) is 14.7 Å². The highest BCUT2D eigenvalue weighted by Crippen LogP contribution is 2.22. The van der Waals surface area contributed by atoms with Crippen LogP contribution in [0.3, 0.4) is 0 Å². The van der Waals surface area contributed by atoms with Crippen LogP contribution in [0.5, 0.6) is 0 Å². The maximum absolute atomic E-state index is 12.4. The molecular formula is C13H21N3O. The number of carbonyl (C=O) groups excluding carboxylic acids is 1. The van der Waals surface area contributed by atoms with Gasteiger partial charge in [0.05, 0.1) is 0 Å². The molecule has 0 aliphatic carbocycles. The number of piperidine rings is 1. The van der Waals surface area contributed by atoms with Crippen LogP contribution < -0.4 is 0 Å². The number of aryl methyl sites for hydroxylation is 1. The molecule has 1 aliphatic rings. The van der Waals surface area contributed by atoms with Gasteiger partial charge >= 0.3 is 0 Å². The van der Waals surface area contributed by atoms with Gasteiger partial charge in [-0.3, -0.25) is 9.48 Å². The lowest BCUT2D eigenvalue weighted by atomic mass is 9.92. The van der Waals surface area contributed by atoms with Crippen molar-refractivity contribution >= 4 is 5.91 Å². The molecule has 1 aliphatic heterocycles. The molecule has 1 aromatic heterocycles. The summed E-state index contributed by atoms with van der Waals surface area (Å²) in [5, 5.41) is 4.16. The summed E-state index contributed by atoms with van der Waals surface area (Å²) in [5.74, 6) is 1.32. The van der Waals surface area contributed by atoms with E-state index in [2.05, 4.69) is 18.9 Å². The van der Waals surface area contributed by atoms with E-state index in [0.717, 1.165) is 19.6 Å². The number of amides is 1. The molecule has 94 valence electrons. The molecule has 0 radical (unpaired) electrons. The number of nitrogens with zero attached hydrogens (tertiary/aromatic N) is 3. The van der Waals surface area contributed by atoms with Crippen molar-refractivity contribution in [3.05, 3.63) is 18.0 Å². The van der Waals surface area contributed by atoms with Gasteiger partial charge in [-0.1, -0.05) is 13.8 Å². The molecule has 17 heavy (non-hydrogen) atoms. The molecule has 4 heteroatoms. The summed E-state index contributed by atoms with van der Waals surface area (Å²) >= 11 is 0. The standard InChI is InChI=1S/C13H21N3O/c1-4-16-12(5-6-14-16)13(17)15-8-10(2)7-11(3)9-15/h5-6,10-11H,4,7-9H2,1-3H3/t10-,11+. The summed E-state index contributed by atoms with van der Waals surface area (Å²) in [6.07, 6.45) is 2.92. The van der Waals surface area contributed by atoms with Crippen molar-refractivity contribution in [2.75, 3.05) is 13.1 Å². The fourth-order valence-electron chi connectivity index (χ4n) is 2.76. The lowest BCUT2D eigenvalue weighted by Crippen LogP contribution is -2.43. The van der Waals surface area contributed by atoms with Gasteiger partial charge in [0, 0.05) is 25.8 Å². The van der Waals surface area contributed by atoms with E-state index in [9.17, 15) is 4.79 Å². The molecule has 0 N–H and O–H groups in total. The summed E-state index contributed by atoms with van der Waals surface area (Å²) in [6, 6.07) is 1.82. The van der Waals surface area contributed by atoms with Crippen molar-refractivity contribution in [3.8, 4) is 0 Å². The van der Waals surface area contributed by atoms with Gasteiger partial charge in [-0.25, -0.2) is 0 Å². The van der Waals surface area contributed by atoms with Gasteiger partial charge < -0.3 is 4.90 Å². The minimum Gasteiger partial charge on any atom is -0.337 e. The molecule has 0 bridgehead atoms. The van der Waals surface area contributed by atoms with E-state index < -0.39 is 0 Å². The van der Waals surface area contributed by atoms with Gasteiger partial charge in [0.15, 0.2) is 0 Å². The zero-order valence-corrected chi connectivity index (χ0v) is 10.9. The minimum absolute atomic E-state index is 0.128. The Labute approximate surface area is 103 Å². The van der Waals surface area contributed by atoms with Gasteiger partial charge in [0.1, 0.15) is 5.69 Å². The fraction of sp³-hybridized carbons (Fsp3) is 0.692. The average Bonchev–Trinajstić information content (AvgIpc) is 2.74. The highest BCUT2D eigenvalue weighted by molar-refractivity contribution is 5.92. The van der Waals surface area contributed by atoms with Crippen molar-refractivity contribution in [3.63, 3.8) is 0 Å². The maximum atomic E-state index is 12.4. The Morgan fingerprint density at radius 1 is 1.41 bits per heavy atom. The Kier molecular flexibility index (Phi) is 3.50. The van der Waals surface area contributed by atoms with Gasteiger partial charge in [-0.2, -0.15) is 5.10 Å².